The van der Waals surface area contributed by atoms with Crippen LogP contribution >= 0.6 is 35.0 Å². The lowest BCUT2D eigenvalue weighted by Gasteiger charge is -2.32. The molecule has 0 aliphatic carbocycles. The predicted molar refractivity (Wildman–Crippen MR) is 140 cm³/mol. The van der Waals surface area contributed by atoms with Crippen LogP contribution in [-0.4, -0.2) is 91.5 Å². The topological polar surface area (TPSA) is 75.6 Å². The molecule has 0 amide bonds. The molecule has 0 saturated carbocycles. The lowest BCUT2D eigenvalue weighted by molar-refractivity contribution is 0.158. The van der Waals surface area contributed by atoms with Crippen LogP contribution in [0.25, 0.3) is 22.2 Å². The van der Waals surface area contributed by atoms with E-state index in [1.54, 1.807) is 26.5 Å². The number of nitrogens with one attached hydrogen (secondary N) is 1. The smallest absolute Gasteiger partial charge is 0.187 e. The number of hydrogen-bond acceptors (Lipinski definition) is 9. The molecule has 182 valence electrons. The third kappa shape index (κ3) is 5.28. The summed E-state index contributed by atoms with van der Waals surface area (Å²) < 4.78 is 10.9. The van der Waals surface area contributed by atoms with Gasteiger partial charge in [0.15, 0.2) is 11.0 Å². The molecule has 1 aliphatic rings. The molecular weight excluding hydrogens is 495 g/mol. The van der Waals surface area contributed by atoms with Crippen LogP contribution < -0.4 is 14.8 Å². The van der Waals surface area contributed by atoms with Gasteiger partial charge in [-0.1, -0.05) is 35.0 Å². The first-order chi connectivity index (χ1) is 16.4. The van der Waals surface area contributed by atoms with Gasteiger partial charge >= 0.3 is 0 Å². The maximum Gasteiger partial charge on any atom is 0.187 e. The molecule has 1 N–H and O–H groups in total. The van der Waals surface area contributed by atoms with Crippen molar-refractivity contribution < 1.29 is 9.47 Å². The highest BCUT2D eigenvalue weighted by molar-refractivity contribution is 7.98. The van der Waals surface area contributed by atoms with Crippen molar-refractivity contribution in [2.45, 2.75) is 5.16 Å². The van der Waals surface area contributed by atoms with Crippen molar-refractivity contribution in [1.82, 2.24) is 24.8 Å². The summed E-state index contributed by atoms with van der Waals surface area (Å²) in [6.07, 6.45) is 3.75. The Hall–Kier alpha value is -2.04. The number of piperazine rings is 1. The number of rotatable bonds is 8. The number of halogens is 2. The first kappa shape index (κ1) is 25.1. The lowest BCUT2D eigenvalue weighted by Crippen LogP contribution is -2.45. The number of ether oxygens (including phenoxy) is 2. The molecule has 0 unspecified atom stereocenters. The van der Waals surface area contributed by atoms with Gasteiger partial charge in [-0.25, -0.2) is 15.0 Å². The van der Waals surface area contributed by atoms with E-state index in [0.717, 1.165) is 50.2 Å². The number of fused-ring (bicyclic) bond motifs is 1. The molecule has 1 aliphatic heterocycles. The summed E-state index contributed by atoms with van der Waals surface area (Å²) in [6.45, 7) is 5.91. The zero-order valence-corrected chi connectivity index (χ0v) is 22.0. The second-order valence-electron chi connectivity index (χ2n) is 8.01. The number of methoxy groups -OCH3 is 2. The summed E-state index contributed by atoms with van der Waals surface area (Å²) in [4.78, 5) is 18.8. The normalized spacial score (nSPS) is 15.0. The number of thioether (sulfide) groups is 1. The molecule has 3 aromatic rings. The van der Waals surface area contributed by atoms with Crippen molar-refractivity contribution in [2.75, 3.05) is 72.1 Å². The number of hydrogen-bond donors (Lipinski definition) is 1. The fraction of sp³-hybridized carbons (Fsp3) is 0.435. The molecule has 11 heteroatoms. The number of likely N-dealkylation sites (N-methyl/N-ethyl adjacent to an activating group) is 1. The molecule has 0 spiro atoms. The van der Waals surface area contributed by atoms with Crippen molar-refractivity contribution in [1.29, 1.82) is 0 Å². The van der Waals surface area contributed by atoms with Gasteiger partial charge in [-0.3, -0.25) is 4.90 Å². The Morgan fingerprint density at radius 1 is 1.03 bits per heavy atom. The lowest BCUT2D eigenvalue weighted by atomic mass is 10.1. The summed E-state index contributed by atoms with van der Waals surface area (Å²) in [7, 11) is 5.26. The summed E-state index contributed by atoms with van der Waals surface area (Å²) in [6, 6.07) is 3.55. The Bertz CT molecular complexity index is 1150. The zero-order valence-electron chi connectivity index (χ0n) is 19.7. The Kier molecular flexibility index (Phi) is 8.21. The van der Waals surface area contributed by atoms with Crippen LogP contribution in [0.1, 0.15) is 0 Å². The number of pyridine rings is 1. The number of benzene rings is 1. The first-order valence-electron chi connectivity index (χ1n) is 10.9. The molecule has 34 heavy (non-hydrogen) atoms. The highest BCUT2D eigenvalue weighted by Gasteiger charge is 2.22. The van der Waals surface area contributed by atoms with Gasteiger partial charge in [0, 0.05) is 62.5 Å². The number of anilines is 1. The third-order valence-corrected chi connectivity index (χ3v) is 7.18. The van der Waals surface area contributed by atoms with Crippen molar-refractivity contribution in [3.05, 3.63) is 28.4 Å². The van der Waals surface area contributed by atoms with Crippen LogP contribution in [0.15, 0.2) is 23.5 Å². The molecule has 3 heterocycles. The van der Waals surface area contributed by atoms with Crippen LogP contribution in [0.3, 0.4) is 0 Å². The predicted octanol–water partition coefficient (Wildman–Crippen LogP) is 4.40. The average molecular weight is 523 g/mol. The van der Waals surface area contributed by atoms with E-state index in [4.69, 9.17) is 42.6 Å². The minimum absolute atomic E-state index is 0.366. The highest BCUT2D eigenvalue weighted by Crippen LogP contribution is 2.46. The maximum atomic E-state index is 6.68. The Morgan fingerprint density at radius 2 is 1.71 bits per heavy atom. The molecule has 2 aromatic heterocycles. The van der Waals surface area contributed by atoms with E-state index in [0.29, 0.717) is 43.8 Å². The zero-order chi connectivity index (χ0) is 24.2. The summed E-state index contributed by atoms with van der Waals surface area (Å²) >= 11 is 14.8. The molecule has 1 saturated heterocycles. The Morgan fingerprint density at radius 3 is 2.32 bits per heavy atom. The molecule has 1 fully saturated rings. The quantitative estimate of drug-likeness (QED) is 0.342. The van der Waals surface area contributed by atoms with Crippen molar-refractivity contribution in [3.63, 3.8) is 0 Å². The van der Waals surface area contributed by atoms with Crippen molar-refractivity contribution in [2.24, 2.45) is 0 Å². The van der Waals surface area contributed by atoms with Crippen LogP contribution in [0.4, 0.5) is 5.82 Å². The van der Waals surface area contributed by atoms with E-state index < -0.39 is 0 Å². The standard InChI is InChI=1S/C23H28Cl2N6O2S/c1-30-7-9-31(10-8-30)6-5-26-22-21-14(13-27-23(29-21)34-4)11-15(28-22)18-19(24)16(32-2)12-17(33-3)20(18)25/h11-13H,5-10H2,1-4H3,(H,26,28). The summed E-state index contributed by atoms with van der Waals surface area (Å²) in [5, 5.41) is 5.74. The molecule has 0 radical (unpaired) electrons. The second kappa shape index (κ2) is 11.1. The van der Waals surface area contributed by atoms with Gasteiger partial charge < -0.3 is 19.7 Å². The van der Waals surface area contributed by atoms with E-state index in [9.17, 15) is 0 Å². The Balaban J connectivity index is 1.73. The molecule has 8 nitrogen and oxygen atoms in total. The van der Waals surface area contributed by atoms with E-state index in [-0.39, 0.29) is 0 Å². The SMILES string of the molecule is COc1cc(OC)c(Cl)c(-c2cc3cnc(SC)nc3c(NCCN3CCN(C)CC3)n2)c1Cl. The third-order valence-electron chi connectivity index (χ3n) is 5.87. The maximum absolute atomic E-state index is 6.68. The average Bonchev–Trinajstić information content (AvgIpc) is 2.85. The largest absolute Gasteiger partial charge is 0.495 e. The summed E-state index contributed by atoms with van der Waals surface area (Å²) in [5.41, 5.74) is 1.88. The first-order valence-corrected chi connectivity index (χ1v) is 12.9. The minimum Gasteiger partial charge on any atom is -0.495 e. The second-order valence-corrected chi connectivity index (χ2v) is 9.54. The van der Waals surface area contributed by atoms with Gasteiger partial charge in [-0.15, -0.1) is 0 Å². The van der Waals surface area contributed by atoms with Crippen LogP contribution in [0, 0.1) is 0 Å². The van der Waals surface area contributed by atoms with Gasteiger partial charge in [0.2, 0.25) is 0 Å². The number of aromatic nitrogens is 3. The fourth-order valence-electron chi connectivity index (χ4n) is 3.89. The summed E-state index contributed by atoms with van der Waals surface area (Å²) in [5.74, 6) is 1.57. The van der Waals surface area contributed by atoms with E-state index in [1.165, 1.54) is 11.8 Å². The molecular formula is C23H28Cl2N6O2S. The van der Waals surface area contributed by atoms with Gasteiger partial charge in [-0.2, -0.15) is 0 Å². The van der Waals surface area contributed by atoms with Crippen LogP contribution in [0.2, 0.25) is 10.0 Å². The van der Waals surface area contributed by atoms with Gasteiger partial charge in [0.1, 0.15) is 17.0 Å². The van der Waals surface area contributed by atoms with E-state index in [2.05, 4.69) is 27.1 Å². The molecule has 0 bridgehead atoms. The van der Waals surface area contributed by atoms with Crippen LogP contribution in [-0.2, 0) is 0 Å². The van der Waals surface area contributed by atoms with Gasteiger partial charge in [-0.05, 0) is 19.4 Å². The Labute approximate surface area is 213 Å². The van der Waals surface area contributed by atoms with E-state index >= 15 is 0 Å². The monoisotopic (exact) mass is 522 g/mol. The van der Waals surface area contributed by atoms with Crippen molar-refractivity contribution in [3.8, 4) is 22.8 Å². The fourth-order valence-corrected chi connectivity index (χ4v) is 4.92. The minimum atomic E-state index is 0.366. The van der Waals surface area contributed by atoms with E-state index in [1.807, 2.05) is 12.3 Å². The van der Waals surface area contributed by atoms with Crippen LogP contribution in [0.5, 0.6) is 11.5 Å². The molecule has 1 aromatic carbocycles. The van der Waals surface area contributed by atoms with Gasteiger partial charge in [0.05, 0.1) is 30.0 Å². The molecule has 0 atom stereocenters. The number of nitrogens with zero attached hydrogens (tertiary/aromatic N) is 5. The highest BCUT2D eigenvalue weighted by atomic mass is 35.5. The molecule has 4 rings (SSSR count). The van der Waals surface area contributed by atoms with Crippen molar-refractivity contribution >= 4 is 51.7 Å². The van der Waals surface area contributed by atoms with Gasteiger partial charge in [0.25, 0.3) is 0 Å².